The molecule has 1 aliphatic heterocycles. The van der Waals surface area contributed by atoms with Crippen LogP contribution in [0.15, 0.2) is 12.1 Å². The Labute approximate surface area is 134 Å². The molecule has 0 atom stereocenters. The van der Waals surface area contributed by atoms with E-state index in [9.17, 15) is 19.5 Å². The van der Waals surface area contributed by atoms with Gasteiger partial charge in [0.2, 0.25) is 5.91 Å². The van der Waals surface area contributed by atoms with Gasteiger partial charge in [-0.25, -0.2) is 4.79 Å². The summed E-state index contributed by atoms with van der Waals surface area (Å²) in [5.41, 5.74) is 0.433. The molecule has 1 aliphatic rings. The van der Waals surface area contributed by atoms with Crippen molar-refractivity contribution in [2.75, 3.05) is 20.2 Å². The number of likely N-dealkylation sites (tertiary alicyclic amines) is 1. The SMILES string of the molecule is COC(=O)c1ccc(CCC(=O)N2CCC(C)(C(=O)O)CC2)[nH]1. The van der Waals surface area contributed by atoms with Crippen LogP contribution < -0.4 is 0 Å². The molecule has 1 fully saturated rings. The van der Waals surface area contributed by atoms with Gasteiger partial charge >= 0.3 is 11.9 Å². The van der Waals surface area contributed by atoms with Gasteiger partial charge < -0.3 is 19.7 Å². The first-order valence-electron chi connectivity index (χ1n) is 7.63. The minimum atomic E-state index is -0.800. The van der Waals surface area contributed by atoms with Crippen LogP contribution in [-0.4, -0.2) is 53.0 Å². The number of ether oxygens (including phenoxy) is 1. The van der Waals surface area contributed by atoms with Gasteiger partial charge in [0.25, 0.3) is 0 Å². The summed E-state index contributed by atoms with van der Waals surface area (Å²) in [6.07, 6.45) is 1.78. The number of nitrogens with one attached hydrogen (secondary N) is 1. The number of rotatable bonds is 5. The molecule has 0 unspecified atom stereocenters. The number of aryl methyl sites for hydroxylation is 1. The summed E-state index contributed by atoms with van der Waals surface area (Å²) in [4.78, 5) is 39.4. The number of aliphatic carboxylic acids is 1. The van der Waals surface area contributed by atoms with E-state index in [-0.39, 0.29) is 5.91 Å². The van der Waals surface area contributed by atoms with Gasteiger partial charge in [0.15, 0.2) is 0 Å². The van der Waals surface area contributed by atoms with Gasteiger partial charge in [0, 0.05) is 25.2 Å². The van der Waals surface area contributed by atoms with Crippen LogP contribution in [0.5, 0.6) is 0 Å². The van der Waals surface area contributed by atoms with Gasteiger partial charge in [-0.2, -0.15) is 0 Å². The molecule has 23 heavy (non-hydrogen) atoms. The maximum atomic E-state index is 12.2. The summed E-state index contributed by atoms with van der Waals surface area (Å²) in [5, 5.41) is 9.20. The van der Waals surface area contributed by atoms with Crippen molar-refractivity contribution in [3.8, 4) is 0 Å². The summed E-state index contributed by atoms with van der Waals surface area (Å²) in [6, 6.07) is 3.39. The fraction of sp³-hybridized carbons (Fsp3) is 0.562. The summed E-state index contributed by atoms with van der Waals surface area (Å²) in [7, 11) is 1.31. The van der Waals surface area contributed by atoms with Crippen LogP contribution >= 0.6 is 0 Å². The molecule has 0 aliphatic carbocycles. The first-order chi connectivity index (χ1) is 10.9. The number of carboxylic acid groups (broad SMARTS) is 1. The molecule has 2 N–H and O–H groups in total. The predicted molar refractivity (Wildman–Crippen MR) is 82.0 cm³/mol. The van der Waals surface area contributed by atoms with Crippen molar-refractivity contribution in [2.24, 2.45) is 5.41 Å². The Kier molecular flexibility index (Phi) is 5.08. The average molecular weight is 322 g/mol. The third-order valence-electron chi connectivity index (χ3n) is 4.50. The van der Waals surface area contributed by atoms with Crippen molar-refractivity contribution in [1.29, 1.82) is 0 Å². The van der Waals surface area contributed by atoms with Crippen LogP contribution in [0.2, 0.25) is 0 Å². The maximum Gasteiger partial charge on any atom is 0.354 e. The van der Waals surface area contributed by atoms with E-state index >= 15 is 0 Å². The lowest BCUT2D eigenvalue weighted by Gasteiger charge is -2.36. The largest absolute Gasteiger partial charge is 0.481 e. The average Bonchev–Trinajstić information content (AvgIpc) is 3.01. The number of hydrogen-bond acceptors (Lipinski definition) is 4. The molecule has 1 amide bonds. The van der Waals surface area contributed by atoms with E-state index in [1.54, 1.807) is 24.0 Å². The lowest BCUT2D eigenvalue weighted by molar-refractivity contribution is -0.153. The van der Waals surface area contributed by atoms with Gasteiger partial charge in [-0.05, 0) is 38.3 Å². The maximum absolute atomic E-state index is 12.2. The first-order valence-corrected chi connectivity index (χ1v) is 7.63. The normalized spacial score (nSPS) is 16.9. The number of amides is 1. The van der Waals surface area contributed by atoms with E-state index in [1.807, 2.05) is 0 Å². The number of esters is 1. The minimum Gasteiger partial charge on any atom is -0.481 e. The number of hydrogen-bond donors (Lipinski definition) is 2. The van der Waals surface area contributed by atoms with Crippen molar-refractivity contribution in [2.45, 2.75) is 32.6 Å². The smallest absolute Gasteiger partial charge is 0.354 e. The van der Waals surface area contributed by atoms with E-state index in [2.05, 4.69) is 9.72 Å². The molecule has 1 aromatic rings. The number of H-pyrrole nitrogens is 1. The van der Waals surface area contributed by atoms with E-state index in [0.717, 1.165) is 5.69 Å². The lowest BCUT2D eigenvalue weighted by Crippen LogP contribution is -2.45. The molecule has 0 aromatic carbocycles. The Morgan fingerprint density at radius 2 is 1.96 bits per heavy atom. The molecule has 7 nitrogen and oxygen atoms in total. The Hall–Kier alpha value is -2.31. The standard InChI is InChI=1S/C16H22N2O5/c1-16(15(21)22)7-9-18(10-8-16)13(19)6-4-11-3-5-12(17-11)14(20)23-2/h3,5,17H,4,6-10H2,1-2H3,(H,21,22). The molecule has 0 bridgehead atoms. The highest BCUT2D eigenvalue weighted by atomic mass is 16.5. The van der Waals surface area contributed by atoms with Crippen LogP contribution in [0.4, 0.5) is 0 Å². The molecular weight excluding hydrogens is 300 g/mol. The number of carbonyl (C=O) groups excluding carboxylic acids is 2. The number of carbonyl (C=O) groups is 3. The number of aromatic amines is 1. The van der Waals surface area contributed by atoms with E-state index < -0.39 is 17.4 Å². The van der Waals surface area contributed by atoms with Crippen LogP contribution in [-0.2, 0) is 20.7 Å². The quantitative estimate of drug-likeness (QED) is 0.799. The zero-order valence-electron chi connectivity index (χ0n) is 13.4. The molecule has 2 heterocycles. The third-order valence-corrected chi connectivity index (χ3v) is 4.50. The Morgan fingerprint density at radius 1 is 1.30 bits per heavy atom. The second-order valence-electron chi connectivity index (χ2n) is 6.14. The first kappa shape index (κ1) is 17.1. The molecule has 0 saturated carbocycles. The molecule has 126 valence electrons. The van der Waals surface area contributed by atoms with Gasteiger partial charge in [0.1, 0.15) is 5.69 Å². The number of piperidine rings is 1. The molecule has 1 saturated heterocycles. The lowest BCUT2D eigenvalue weighted by atomic mass is 9.80. The van der Waals surface area contributed by atoms with Crippen molar-refractivity contribution < 1.29 is 24.2 Å². The van der Waals surface area contributed by atoms with Crippen LogP contribution in [0.3, 0.4) is 0 Å². The Morgan fingerprint density at radius 3 is 2.52 bits per heavy atom. The number of methoxy groups -OCH3 is 1. The number of carboxylic acids is 1. The summed E-state index contributed by atoms with van der Waals surface area (Å²) in [6.45, 7) is 2.67. The summed E-state index contributed by atoms with van der Waals surface area (Å²) < 4.78 is 4.62. The van der Waals surface area contributed by atoms with Crippen molar-refractivity contribution in [1.82, 2.24) is 9.88 Å². The van der Waals surface area contributed by atoms with Gasteiger partial charge in [-0.15, -0.1) is 0 Å². The molecule has 2 rings (SSSR count). The highest BCUT2D eigenvalue weighted by Gasteiger charge is 2.37. The minimum absolute atomic E-state index is 0.00616. The zero-order chi connectivity index (χ0) is 17.0. The van der Waals surface area contributed by atoms with Gasteiger partial charge in [-0.1, -0.05) is 0 Å². The highest BCUT2D eigenvalue weighted by Crippen LogP contribution is 2.31. The van der Waals surface area contributed by atoms with Crippen molar-refractivity contribution >= 4 is 17.8 Å². The zero-order valence-corrected chi connectivity index (χ0v) is 13.4. The Bertz CT molecular complexity index is 599. The summed E-state index contributed by atoms with van der Waals surface area (Å²) in [5.74, 6) is -1.23. The monoisotopic (exact) mass is 322 g/mol. The van der Waals surface area contributed by atoms with Crippen LogP contribution in [0.25, 0.3) is 0 Å². The van der Waals surface area contributed by atoms with Gasteiger partial charge in [-0.3, -0.25) is 9.59 Å². The fourth-order valence-corrected chi connectivity index (χ4v) is 2.68. The van der Waals surface area contributed by atoms with Gasteiger partial charge in [0.05, 0.1) is 12.5 Å². The highest BCUT2D eigenvalue weighted by molar-refractivity contribution is 5.87. The summed E-state index contributed by atoms with van der Waals surface area (Å²) >= 11 is 0. The molecule has 1 aromatic heterocycles. The fourth-order valence-electron chi connectivity index (χ4n) is 2.68. The molecule has 7 heteroatoms. The van der Waals surface area contributed by atoms with Crippen molar-refractivity contribution in [3.63, 3.8) is 0 Å². The number of aromatic nitrogens is 1. The third kappa shape index (κ3) is 3.91. The van der Waals surface area contributed by atoms with E-state index in [1.165, 1.54) is 7.11 Å². The molecular formula is C16H22N2O5. The number of nitrogens with zero attached hydrogens (tertiary/aromatic N) is 1. The van der Waals surface area contributed by atoms with E-state index in [4.69, 9.17) is 0 Å². The molecule has 0 spiro atoms. The Balaban J connectivity index is 1.83. The topological polar surface area (TPSA) is 99.7 Å². The van der Waals surface area contributed by atoms with Crippen LogP contribution in [0, 0.1) is 5.41 Å². The second-order valence-corrected chi connectivity index (χ2v) is 6.14. The predicted octanol–water partition coefficient (Wildman–Crippen LogP) is 1.45. The second kappa shape index (κ2) is 6.85. The van der Waals surface area contributed by atoms with E-state index in [0.29, 0.717) is 44.5 Å². The van der Waals surface area contributed by atoms with Crippen LogP contribution in [0.1, 0.15) is 42.4 Å². The van der Waals surface area contributed by atoms with Crippen molar-refractivity contribution in [3.05, 3.63) is 23.5 Å². The molecule has 0 radical (unpaired) electrons.